The van der Waals surface area contributed by atoms with Gasteiger partial charge in [-0.25, -0.2) is 0 Å². The maximum absolute atomic E-state index is 11.9. The lowest BCUT2D eigenvalue weighted by atomic mass is 10.3. The van der Waals surface area contributed by atoms with Crippen LogP contribution in [-0.4, -0.2) is 61.4 Å². The van der Waals surface area contributed by atoms with Crippen molar-refractivity contribution in [3.63, 3.8) is 0 Å². The molecule has 0 aliphatic rings. The highest BCUT2D eigenvalue weighted by atomic mass is 16.5. The zero-order valence-corrected chi connectivity index (χ0v) is 12.5. The minimum atomic E-state index is -0.368. The Bertz CT molecular complexity index is 484. The molecule has 0 saturated heterocycles. The number of carbonyl (C=O) groups is 3. The van der Waals surface area contributed by atoms with E-state index >= 15 is 0 Å². The molecule has 116 valence electrons. The van der Waals surface area contributed by atoms with Gasteiger partial charge in [-0.1, -0.05) is 0 Å². The lowest BCUT2D eigenvalue weighted by molar-refractivity contribution is -0.143. The third-order valence-electron chi connectivity index (χ3n) is 2.83. The third kappa shape index (κ3) is 5.29. The smallest absolute Gasteiger partial charge is 0.307 e. The fourth-order valence-electron chi connectivity index (χ4n) is 1.60. The van der Waals surface area contributed by atoms with E-state index in [4.69, 9.17) is 9.15 Å². The first-order valence-corrected chi connectivity index (χ1v) is 6.64. The molecule has 1 aromatic rings. The number of hydrogen-bond donors (Lipinski definition) is 0. The molecule has 0 aromatic carbocycles. The van der Waals surface area contributed by atoms with Crippen molar-refractivity contribution in [1.82, 2.24) is 9.80 Å². The average Bonchev–Trinajstić information content (AvgIpc) is 2.98. The van der Waals surface area contributed by atoms with Gasteiger partial charge in [-0.15, -0.1) is 0 Å². The Hall–Kier alpha value is -2.31. The van der Waals surface area contributed by atoms with Gasteiger partial charge >= 0.3 is 5.97 Å². The zero-order chi connectivity index (χ0) is 15.8. The van der Waals surface area contributed by atoms with Crippen molar-refractivity contribution in [3.8, 4) is 0 Å². The van der Waals surface area contributed by atoms with Gasteiger partial charge < -0.3 is 19.0 Å². The van der Waals surface area contributed by atoms with Crippen LogP contribution in [0.4, 0.5) is 0 Å². The first kappa shape index (κ1) is 16.7. The van der Waals surface area contributed by atoms with Crippen LogP contribution in [0.3, 0.4) is 0 Å². The normalized spacial score (nSPS) is 10.0. The number of amides is 2. The van der Waals surface area contributed by atoms with E-state index in [2.05, 4.69) is 0 Å². The van der Waals surface area contributed by atoms with Gasteiger partial charge in [-0.2, -0.15) is 0 Å². The minimum Gasteiger partial charge on any atom is -0.466 e. The topological polar surface area (TPSA) is 80.1 Å². The highest BCUT2D eigenvalue weighted by Gasteiger charge is 2.19. The Balaban J connectivity index is 2.41. The molecule has 2 amide bonds. The van der Waals surface area contributed by atoms with Crippen molar-refractivity contribution >= 4 is 17.8 Å². The molecule has 0 aliphatic carbocycles. The van der Waals surface area contributed by atoms with Gasteiger partial charge in [-0.05, 0) is 19.1 Å². The highest BCUT2D eigenvalue weighted by molar-refractivity contribution is 5.94. The van der Waals surface area contributed by atoms with Crippen LogP contribution in [0, 0.1) is 0 Å². The van der Waals surface area contributed by atoms with Gasteiger partial charge in [0.15, 0.2) is 5.76 Å². The van der Waals surface area contributed by atoms with Crippen LogP contribution in [0.25, 0.3) is 0 Å². The molecule has 0 aliphatic heterocycles. The van der Waals surface area contributed by atoms with E-state index in [1.807, 2.05) is 0 Å². The second-order valence-electron chi connectivity index (χ2n) is 4.51. The molecule has 7 heteroatoms. The standard InChI is InChI=1S/C14H20N2O5/c1-4-20-13(18)7-8-15(2)12(17)10-16(3)14(19)11-6-5-9-21-11/h5-6,9H,4,7-8,10H2,1-3H3. The SMILES string of the molecule is CCOC(=O)CCN(C)C(=O)CN(C)C(=O)c1ccco1. The van der Waals surface area contributed by atoms with Crippen LogP contribution in [0.5, 0.6) is 0 Å². The molecule has 21 heavy (non-hydrogen) atoms. The molecule has 0 unspecified atom stereocenters. The van der Waals surface area contributed by atoms with Gasteiger partial charge in [0.25, 0.3) is 5.91 Å². The van der Waals surface area contributed by atoms with Gasteiger partial charge in [0, 0.05) is 20.6 Å². The van der Waals surface area contributed by atoms with Crippen molar-refractivity contribution in [2.24, 2.45) is 0 Å². The lowest BCUT2D eigenvalue weighted by Gasteiger charge is -2.21. The van der Waals surface area contributed by atoms with E-state index in [0.29, 0.717) is 6.61 Å². The summed E-state index contributed by atoms with van der Waals surface area (Å²) >= 11 is 0. The van der Waals surface area contributed by atoms with Gasteiger partial charge in [0.1, 0.15) is 0 Å². The Morgan fingerprint density at radius 3 is 2.52 bits per heavy atom. The van der Waals surface area contributed by atoms with Gasteiger partial charge in [-0.3, -0.25) is 14.4 Å². The lowest BCUT2D eigenvalue weighted by Crippen LogP contribution is -2.40. The van der Waals surface area contributed by atoms with Crippen LogP contribution in [0.15, 0.2) is 22.8 Å². The van der Waals surface area contributed by atoms with Crippen molar-refractivity contribution in [2.75, 3.05) is 33.8 Å². The van der Waals surface area contributed by atoms with Crippen LogP contribution < -0.4 is 0 Å². The Labute approximate surface area is 123 Å². The van der Waals surface area contributed by atoms with E-state index in [1.54, 1.807) is 20.0 Å². The first-order chi connectivity index (χ1) is 9.95. The highest BCUT2D eigenvalue weighted by Crippen LogP contribution is 2.04. The molecular weight excluding hydrogens is 276 g/mol. The first-order valence-electron chi connectivity index (χ1n) is 6.64. The van der Waals surface area contributed by atoms with Crippen molar-refractivity contribution in [2.45, 2.75) is 13.3 Å². The number of ether oxygens (including phenoxy) is 1. The number of rotatable bonds is 7. The van der Waals surface area contributed by atoms with Crippen LogP contribution in [-0.2, 0) is 14.3 Å². The molecule has 0 N–H and O–H groups in total. The maximum atomic E-state index is 11.9. The van der Waals surface area contributed by atoms with Crippen LogP contribution in [0.1, 0.15) is 23.9 Å². The summed E-state index contributed by atoms with van der Waals surface area (Å²) in [6, 6.07) is 3.14. The quantitative estimate of drug-likeness (QED) is 0.694. The van der Waals surface area contributed by atoms with E-state index in [1.165, 1.54) is 29.2 Å². The Morgan fingerprint density at radius 1 is 1.24 bits per heavy atom. The zero-order valence-electron chi connectivity index (χ0n) is 12.5. The molecule has 0 atom stereocenters. The molecule has 0 spiro atoms. The molecule has 1 rings (SSSR count). The molecule has 1 heterocycles. The molecule has 0 radical (unpaired) electrons. The summed E-state index contributed by atoms with van der Waals surface area (Å²) in [5, 5.41) is 0. The molecule has 1 aromatic heterocycles. The predicted octanol–water partition coefficient (Wildman–Crippen LogP) is 0.763. The van der Waals surface area contributed by atoms with Crippen molar-refractivity contribution < 1.29 is 23.5 Å². The molecule has 0 saturated carbocycles. The second-order valence-corrected chi connectivity index (χ2v) is 4.51. The van der Waals surface area contributed by atoms with Crippen LogP contribution >= 0.6 is 0 Å². The number of hydrogen-bond acceptors (Lipinski definition) is 5. The number of likely N-dealkylation sites (N-methyl/N-ethyl adjacent to an activating group) is 2. The minimum absolute atomic E-state index is 0.0845. The summed E-state index contributed by atoms with van der Waals surface area (Å²) < 4.78 is 9.77. The van der Waals surface area contributed by atoms with Gasteiger partial charge in [0.05, 0.1) is 25.8 Å². The van der Waals surface area contributed by atoms with E-state index < -0.39 is 0 Å². The van der Waals surface area contributed by atoms with Crippen molar-refractivity contribution in [1.29, 1.82) is 0 Å². The second kappa shape index (κ2) is 8.08. The monoisotopic (exact) mass is 296 g/mol. The molecule has 7 nitrogen and oxygen atoms in total. The van der Waals surface area contributed by atoms with E-state index in [-0.39, 0.29) is 43.1 Å². The average molecular weight is 296 g/mol. The third-order valence-corrected chi connectivity index (χ3v) is 2.83. The molecular formula is C14H20N2O5. The van der Waals surface area contributed by atoms with E-state index in [0.717, 1.165) is 0 Å². The summed E-state index contributed by atoms with van der Waals surface area (Å²) in [7, 11) is 3.09. The summed E-state index contributed by atoms with van der Waals surface area (Å²) in [6.07, 6.45) is 1.53. The maximum Gasteiger partial charge on any atom is 0.307 e. The summed E-state index contributed by atoms with van der Waals surface area (Å²) in [6.45, 7) is 2.21. The number of nitrogens with zero attached hydrogens (tertiary/aromatic N) is 2. The van der Waals surface area contributed by atoms with Gasteiger partial charge in [0.2, 0.25) is 5.91 Å². The van der Waals surface area contributed by atoms with Crippen molar-refractivity contribution in [3.05, 3.63) is 24.2 Å². The Morgan fingerprint density at radius 2 is 1.95 bits per heavy atom. The fourth-order valence-corrected chi connectivity index (χ4v) is 1.60. The number of esters is 1. The number of furan rings is 1. The summed E-state index contributed by atoms with van der Waals surface area (Å²) in [5.74, 6) is -0.800. The summed E-state index contributed by atoms with van der Waals surface area (Å²) in [5.41, 5.74) is 0. The van der Waals surface area contributed by atoms with Crippen LogP contribution in [0.2, 0.25) is 0 Å². The fraction of sp³-hybridized carbons (Fsp3) is 0.500. The largest absolute Gasteiger partial charge is 0.466 e. The Kier molecular flexibility index (Phi) is 6.45. The molecule has 0 bridgehead atoms. The number of carbonyl (C=O) groups excluding carboxylic acids is 3. The summed E-state index contributed by atoms with van der Waals surface area (Å²) in [4.78, 5) is 37.7. The predicted molar refractivity (Wildman–Crippen MR) is 74.6 cm³/mol. The molecule has 0 fully saturated rings. The van der Waals surface area contributed by atoms with E-state index in [9.17, 15) is 14.4 Å².